The van der Waals surface area contributed by atoms with Crippen molar-refractivity contribution >= 4 is 17.6 Å². The largest absolute Gasteiger partial charge is 0.368 e. The van der Waals surface area contributed by atoms with Gasteiger partial charge in [0.25, 0.3) is 5.91 Å². The number of para-hydroxylation sites is 1. The van der Waals surface area contributed by atoms with Crippen LogP contribution in [-0.4, -0.2) is 67.6 Å². The third kappa shape index (κ3) is 5.01. The summed E-state index contributed by atoms with van der Waals surface area (Å²) in [5.74, 6) is 0.380. The standard InChI is InChI=1S/C25H32N4O2/c1-2-26-25(31)29-13-7-10-22(19-29)20-8-6-9-21(18-20)24(30)28-16-14-27(15-17-28)23-11-4-3-5-12-23/h3-6,8-9,11-12,18,22H,2,7,10,13-17,19H2,1H3,(H,26,31). The van der Waals surface area contributed by atoms with E-state index >= 15 is 0 Å². The van der Waals surface area contributed by atoms with E-state index in [0.29, 0.717) is 13.1 Å². The van der Waals surface area contributed by atoms with Crippen LogP contribution in [0.1, 0.15) is 41.6 Å². The third-order valence-electron chi connectivity index (χ3n) is 6.33. The van der Waals surface area contributed by atoms with E-state index in [9.17, 15) is 9.59 Å². The van der Waals surface area contributed by atoms with Gasteiger partial charge in [0, 0.05) is 63.0 Å². The maximum atomic E-state index is 13.2. The van der Waals surface area contributed by atoms with Crippen LogP contribution in [0.3, 0.4) is 0 Å². The highest BCUT2D eigenvalue weighted by molar-refractivity contribution is 5.94. The number of amides is 3. The van der Waals surface area contributed by atoms with Gasteiger partial charge < -0.3 is 20.0 Å². The van der Waals surface area contributed by atoms with Crippen molar-refractivity contribution in [3.05, 3.63) is 65.7 Å². The van der Waals surface area contributed by atoms with Crippen molar-refractivity contribution in [3.63, 3.8) is 0 Å². The molecular formula is C25H32N4O2. The Hall–Kier alpha value is -3.02. The molecule has 2 aliphatic heterocycles. The second-order valence-corrected chi connectivity index (χ2v) is 8.36. The van der Waals surface area contributed by atoms with Crippen LogP contribution in [0.15, 0.2) is 54.6 Å². The average Bonchev–Trinajstić information content (AvgIpc) is 2.84. The number of carbonyl (C=O) groups excluding carboxylic acids is 2. The summed E-state index contributed by atoms with van der Waals surface area (Å²) in [6, 6.07) is 18.4. The minimum Gasteiger partial charge on any atom is -0.368 e. The van der Waals surface area contributed by atoms with Crippen molar-refractivity contribution < 1.29 is 9.59 Å². The van der Waals surface area contributed by atoms with Gasteiger partial charge in [-0.1, -0.05) is 30.3 Å². The SMILES string of the molecule is CCNC(=O)N1CCCC(c2cccc(C(=O)N3CCN(c4ccccc4)CC3)c2)C1. The fourth-order valence-electron chi connectivity index (χ4n) is 4.61. The normalized spacial score (nSPS) is 19.3. The summed E-state index contributed by atoms with van der Waals surface area (Å²) >= 11 is 0. The van der Waals surface area contributed by atoms with Crippen molar-refractivity contribution in [2.75, 3.05) is 50.7 Å². The summed E-state index contributed by atoms with van der Waals surface area (Å²) in [5.41, 5.74) is 3.12. The third-order valence-corrected chi connectivity index (χ3v) is 6.33. The molecule has 2 aromatic carbocycles. The van der Waals surface area contributed by atoms with Crippen LogP contribution in [0.4, 0.5) is 10.5 Å². The Labute approximate surface area is 184 Å². The molecule has 3 amide bonds. The molecule has 6 nitrogen and oxygen atoms in total. The van der Waals surface area contributed by atoms with E-state index in [0.717, 1.165) is 56.7 Å². The molecule has 2 heterocycles. The van der Waals surface area contributed by atoms with Gasteiger partial charge in [0.05, 0.1) is 0 Å². The van der Waals surface area contributed by atoms with Gasteiger partial charge in [-0.2, -0.15) is 0 Å². The van der Waals surface area contributed by atoms with E-state index in [1.54, 1.807) is 0 Å². The summed E-state index contributed by atoms with van der Waals surface area (Å²) < 4.78 is 0. The van der Waals surface area contributed by atoms with Crippen LogP contribution in [0.2, 0.25) is 0 Å². The highest BCUT2D eigenvalue weighted by atomic mass is 16.2. The predicted octanol–water partition coefficient (Wildman–Crippen LogP) is 3.56. The number of likely N-dealkylation sites (tertiary alicyclic amines) is 1. The van der Waals surface area contributed by atoms with E-state index in [-0.39, 0.29) is 17.9 Å². The lowest BCUT2D eigenvalue weighted by Gasteiger charge is -2.36. The average molecular weight is 421 g/mol. The van der Waals surface area contributed by atoms with Crippen LogP contribution >= 0.6 is 0 Å². The molecule has 0 spiro atoms. The molecule has 1 N–H and O–H groups in total. The molecule has 164 valence electrons. The number of benzene rings is 2. The van der Waals surface area contributed by atoms with Gasteiger partial charge in [0.15, 0.2) is 0 Å². The Balaban J connectivity index is 1.39. The van der Waals surface area contributed by atoms with Gasteiger partial charge in [-0.3, -0.25) is 4.79 Å². The number of nitrogens with zero attached hydrogens (tertiary/aromatic N) is 3. The number of piperidine rings is 1. The zero-order valence-corrected chi connectivity index (χ0v) is 18.3. The second kappa shape index (κ2) is 9.86. The first-order valence-electron chi connectivity index (χ1n) is 11.4. The molecule has 1 atom stereocenters. The molecule has 2 aliphatic rings. The fourth-order valence-corrected chi connectivity index (χ4v) is 4.61. The quantitative estimate of drug-likeness (QED) is 0.823. The highest BCUT2D eigenvalue weighted by Crippen LogP contribution is 2.28. The molecule has 6 heteroatoms. The van der Waals surface area contributed by atoms with Gasteiger partial charge in [0.1, 0.15) is 0 Å². The van der Waals surface area contributed by atoms with Crippen LogP contribution in [0, 0.1) is 0 Å². The summed E-state index contributed by atoms with van der Waals surface area (Å²) in [6.45, 7) is 7.24. The maximum Gasteiger partial charge on any atom is 0.317 e. The van der Waals surface area contributed by atoms with Crippen molar-refractivity contribution in [3.8, 4) is 0 Å². The first-order valence-corrected chi connectivity index (χ1v) is 11.4. The predicted molar refractivity (Wildman–Crippen MR) is 124 cm³/mol. The summed E-state index contributed by atoms with van der Waals surface area (Å²) in [4.78, 5) is 31.6. The lowest BCUT2D eigenvalue weighted by Crippen LogP contribution is -2.48. The number of hydrogen-bond acceptors (Lipinski definition) is 3. The molecule has 0 bridgehead atoms. The number of piperazine rings is 1. The molecule has 2 fully saturated rings. The van der Waals surface area contributed by atoms with Gasteiger partial charge in [-0.15, -0.1) is 0 Å². The fraction of sp³-hybridized carbons (Fsp3) is 0.440. The highest BCUT2D eigenvalue weighted by Gasteiger charge is 2.26. The van der Waals surface area contributed by atoms with Crippen molar-refractivity contribution in [1.82, 2.24) is 15.1 Å². The first-order chi connectivity index (χ1) is 15.2. The molecular weight excluding hydrogens is 388 g/mol. The molecule has 1 unspecified atom stereocenters. The molecule has 0 saturated carbocycles. The molecule has 0 aromatic heterocycles. The number of carbonyl (C=O) groups is 2. The van der Waals surface area contributed by atoms with Crippen LogP contribution in [0.25, 0.3) is 0 Å². The summed E-state index contributed by atoms with van der Waals surface area (Å²) in [5, 5.41) is 2.90. The Bertz CT molecular complexity index is 893. The van der Waals surface area contributed by atoms with Crippen LogP contribution < -0.4 is 10.2 Å². The van der Waals surface area contributed by atoms with Crippen molar-refractivity contribution in [2.24, 2.45) is 0 Å². The Morgan fingerprint density at radius 1 is 0.935 bits per heavy atom. The number of rotatable bonds is 4. The van der Waals surface area contributed by atoms with Gasteiger partial charge in [0.2, 0.25) is 0 Å². The zero-order chi connectivity index (χ0) is 21.6. The Kier molecular flexibility index (Phi) is 6.75. The Morgan fingerprint density at radius 3 is 2.45 bits per heavy atom. The van der Waals surface area contributed by atoms with Gasteiger partial charge in [-0.05, 0) is 49.6 Å². The lowest BCUT2D eigenvalue weighted by molar-refractivity contribution is 0.0746. The summed E-state index contributed by atoms with van der Waals surface area (Å²) in [6.07, 6.45) is 2.03. The number of hydrogen-bond donors (Lipinski definition) is 1. The van der Waals surface area contributed by atoms with E-state index in [4.69, 9.17) is 0 Å². The molecule has 0 radical (unpaired) electrons. The molecule has 2 aromatic rings. The number of nitrogens with one attached hydrogen (secondary N) is 1. The topological polar surface area (TPSA) is 55.9 Å². The lowest BCUT2D eigenvalue weighted by atomic mass is 9.89. The van der Waals surface area contributed by atoms with E-state index in [2.05, 4.69) is 40.5 Å². The minimum atomic E-state index is 0.00992. The molecule has 0 aliphatic carbocycles. The van der Waals surface area contributed by atoms with Crippen LogP contribution in [-0.2, 0) is 0 Å². The molecule has 31 heavy (non-hydrogen) atoms. The van der Waals surface area contributed by atoms with E-state index in [1.165, 1.54) is 5.69 Å². The van der Waals surface area contributed by atoms with Crippen molar-refractivity contribution in [2.45, 2.75) is 25.7 Å². The first kappa shape index (κ1) is 21.2. The van der Waals surface area contributed by atoms with Gasteiger partial charge >= 0.3 is 6.03 Å². The second-order valence-electron chi connectivity index (χ2n) is 8.36. The molecule has 4 rings (SSSR count). The van der Waals surface area contributed by atoms with E-state index < -0.39 is 0 Å². The van der Waals surface area contributed by atoms with Crippen LogP contribution in [0.5, 0.6) is 0 Å². The zero-order valence-electron chi connectivity index (χ0n) is 18.3. The minimum absolute atomic E-state index is 0.00992. The van der Waals surface area contributed by atoms with Crippen molar-refractivity contribution in [1.29, 1.82) is 0 Å². The monoisotopic (exact) mass is 420 g/mol. The summed E-state index contributed by atoms with van der Waals surface area (Å²) in [7, 11) is 0. The maximum absolute atomic E-state index is 13.2. The smallest absolute Gasteiger partial charge is 0.317 e. The Morgan fingerprint density at radius 2 is 1.71 bits per heavy atom. The van der Waals surface area contributed by atoms with E-state index in [1.807, 2.05) is 41.0 Å². The molecule has 2 saturated heterocycles. The van der Waals surface area contributed by atoms with Gasteiger partial charge in [-0.25, -0.2) is 4.79 Å². The number of urea groups is 1. The number of anilines is 1.